The molecule has 0 saturated heterocycles. The molecule has 0 bridgehead atoms. The average Bonchev–Trinajstić information content (AvgIpc) is 3.23. The van der Waals surface area contributed by atoms with Crippen molar-refractivity contribution in [1.82, 2.24) is 15.1 Å². The van der Waals surface area contributed by atoms with Gasteiger partial charge in [-0.1, -0.05) is 78.9 Å². The van der Waals surface area contributed by atoms with E-state index in [1.807, 2.05) is 60.7 Å². The van der Waals surface area contributed by atoms with Gasteiger partial charge in [0.1, 0.15) is 0 Å². The number of benzene rings is 3. The molecule has 37 heavy (non-hydrogen) atoms. The van der Waals surface area contributed by atoms with Crippen LogP contribution in [0.1, 0.15) is 40.6 Å². The Bertz CT molecular complexity index is 1300. The number of amides is 3. The molecule has 0 aliphatic carbocycles. The Hall–Kier alpha value is -4.07. The molecule has 0 aromatic heterocycles. The molecule has 3 aromatic rings. The van der Waals surface area contributed by atoms with Crippen LogP contribution in [0, 0.1) is 0 Å². The van der Waals surface area contributed by atoms with E-state index in [-0.39, 0.29) is 29.5 Å². The lowest BCUT2D eigenvalue weighted by Gasteiger charge is -2.32. The molecule has 0 unspecified atom stereocenters. The van der Waals surface area contributed by atoms with Gasteiger partial charge in [-0.2, -0.15) is 13.2 Å². The van der Waals surface area contributed by atoms with Crippen molar-refractivity contribution in [2.75, 3.05) is 20.1 Å². The third-order valence-electron chi connectivity index (χ3n) is 7.10. The van der Waals surface area contributed by atoms with Crippen molar-refractivity contribution in [2.24, 2.45) is 0 Å². The standard InChI is InChI=1S/C29H26F3N3O2/c1-34-24-18-35(17-16-21(19-10-4-2-5-11-19)20-12-6-3-7-13-20)27(36)25(24)26(33-28(34)37)22-14-8-9-15-23(22)29(30,31)32/h2-15,21,26H,16-18H2,1H3,(H,33,37)/t26-/m0/s1. The first-order chi connectivity index (χ1) is 17.8. The Labute approximate surface area is 213 Å². The second kappa shape index (κ2) is 9.76. The molecule has 1 N–H and O–H groups in total. The van der Waals surface area contributed by atoms with Gasteiger partial charge in [0.25, 0.3) is 5.91 Å². The zero-order valence-corrected chi connectivity index (χ0v) is 20.2. The average molecular weight is 506 g/mol. The van der Waals surface area contributed by atoms with Crippen LogP contribution in [-0.4, -0.2) is 41.9 Å². The molecule has 0 radical (unpaired) electrons. The second-order valence-corrected chi connectivity index (χ2v) is 9.28. The first-order valence-corrected chi connectivity index (χ1v) is 12.1. The van der Waals surface area contributed by atoms with E-state index < -0.39 is 23.8 Å². The third kappa shape index (κ3) is 4.71. The number of alkyl halides is 3. The molecule has 5 rings (SSSR count). The van der Waals surface area contributed by atoms with Crippen LogP contribution in [0.25, 0.3) is 0 Å². The molecular formula is C29H26F3N3O2. The Morgan fingerprint density at radius 2 is 1.46 bits per heavy atom. The Balaban J connectivity index is 1.44. The SMILES string of the molecule is CN1C(=O)N[C@@H](c2ccccc2C(F)(F)F)C2=C1CN(CCC(c1ccccc1)c1ccccc1)C2=O. The van der Waals surface area contributed by atoms with Crippen LogP contribution in [-0.2, 0) is 11.0 Å². The topological polar surface area (TPSA) is 52.7 Å². The second-order valence-electron chi connectivity index (χ2n) is 9.28. The Kier molecular flexibility index (Phi) is 6.50. The molecule has 0 spiro atoms. The summed E-state index contributed by atoms with van der Waals surface area (Å²) in [6.07, 6.45) is -4.00. The van der Waals surface area contributed by atoms with E-state index in [0.717, 1.165) is 17.2 Å². The predicted molar refractivity (Wildman–Crippen MR) is 133 cm³/mol. The van der Waals surface area contributed by atoms with Crippen molar-refractivity contribution < 1.29 is 22.8 Å². The highest BCUT2D eigenvalue weighted by Crippen LogP contribution is 2.41. The van der Waals surface area contributed by atoms with Crippen LogP contribution < -0.4 is 5.32 Å². The quantitative estimate of drug-likeness (QED) is 0.466. The molecule has 0 saturated carbocycles. The maximum atomic E-state index is 13.8. The van der Waals surface area contributed by atoms with Gasteiger partial charge in [-0.15, -0.1) is 0 Å². The smallest absolute Gasteiger partial charge is 0.333 e. The molecule has 2 heterocycles. The zero-order valence-electron chi connectivity index (χ0n) is 20.2. The number of carbonyl (C=O) groups is 2. The molecule has 1 atom stereocenters. The molecule has 3 aromatic carbocycles. The summed E-state index contributed by atoms with van der Waals surface area (Å²) in [5.41, 5.74) is 1.86. The van der Waals surface area contributed by atoms with Gasteiger partial charge in [-0.25, -0.2) is 4.79 Å². The monoisotopic (exact) mass is 505 g/mol. The van der Waals surface area contributed by atoms with Gasteiger partial charge in [0, 0.05) is 19.5 Å². The molecule has 3 amide bonds. The highest BCUT2D eigenvalue weighted by molar-refractivity contribution is 6.01. The summed E-state index contributed by atoms with van der Waals surface area (Å²) < 4.78 is 41.4. The van der Waals surface area contributed by atoms with E-state index in [4.69, 9.17) is 0 Å². The zero-order chi connectivity index (χ0) is 26.2. The van der Waals surface area contributed by atoms with E-state index >= 15 is 0 Å². The lowest BCUT2D eigenvalue weighted by Crippen LogP contribution is -2.45. The van der Waals surface area contributed by atoms with Crippen LogP contribution in [0.2, 0.25) is 0 Å². The van der Waals surface area contributed by atoms with Gasteiger partial charge in [0.2, 0.25) is 0 Å². The lowest BCUT2D eigenvalue weighted by molar-refractivity contribution is -0.138. The summed E-state index contributed by atoms with van der Waals surface area (Å²) in [6, 6.07) is 23.4. The maximum absolute atomic E-state index is 13.8. The number of rotatable bonds is 6. The summed E-state index contributed by atoms with van der Waals surface area (Å²) >= 11 is 0. The van der Waals surface area contributed by atoms with Gasteiger partial charge < -0.3 is 10.2 Å². The minimum atomic E-state index is -4.62. The van der Waals surface area contributed by atoms with Crippen molar-refractivity contribution in [3.63, 3.8) is 0 Å². The van der Waals surface area contributed by atoms with Crippen molar-refractivity contribution in [1.29, 1.82) is 0 Å². The Morgan fingerprint density at radius 1 is 0.892 bits per heavy atom. The van der Waals surface area contributed by atoms with Crippen molar-refractivity contribution >= 4 is 11.9 Å². The minimum Gasteiger partial charge on any atom is -0.333 e. The van der Waals surface area contributed by atoms with Crippen LogP contribution in [0.5, 0.6) is 0 Å². The number of hydrogen-bond donors (Lipinski definition) is 1. The fraction of sp³-hybridized carbons (Fsp3) is 0.241. The van der Waals surface area contributed by atoms with Crippen molar-refractivity contribution in [3.8, 4) is 0 Å². The van der Waals surface area contributed by atoms with Crippen LogP contribution in [0.15, 0.2) is 96.2 Å². The number of nitrogens with one attached hydrogen (secondary N) is 1. The minimum absolute atomic E-state index is 0.0343. The number of nitrogens with zero attached hydrogens (tertiary/aromatic N) is 2. The number of urea groups is 1. The normalized spacial score (nSPS) is 17.9. The first-order valence-electron chi connectivity index (χ1n) is 12.1. The lowest BCUT2D eigenvalue weighted by atomic mass is 9.88. The number of hydrogen-bond acceptors (Lipinski definition) is 2. The van der Waals surface area contributed by atoms with Gasteiger partial charge >= 0.3 is 12.2 Å². The Morgan fingerprint density at radius 3 is 2.05 bits per heavy atom. The number of carbonyl (C=O) groups excluding carboxylic acids is 2. The van der Waals surface area contributed by atoms with E-state index in [2.05, 4.69) is 5.32 Å². The molecular weight excluding hydrogens is 479 g/mol. The summed E-state index contributed by atoms with van der Waals surface area (Å²) in [4.78, 5) is 29.3. The van der Waals surface area contributed by atoms with Crippen LogP contribution in [0.4, 0.5) is 18.0 Å². The number of likely N-dealkylation sites (N-methyl/N-ethyl adjacent to an activating group) is 1. The molecule has 2 aliphatic heterocycles. The summed E-state index contributed by atoms with van der Waals surface area (Å²) in [6.45, 7) is 0.551. The predicted octanol–water partition coefficient (Wildman–Crippen LogP) is 5.72. The summed E-state index contributed by atoms with van der Waals surface area (Å²) in [5, 5.41) is 2.62. The highest BCUT2D eigenvalue weighted by Gasteiger charge is 2.45. The fourth-order valence-electron chi connectivity index (χ4n) is 5.23. The van der Waals surface area contributed by atoms with E-state index in [9.17, 15) is 22.8 Å². The van der Waals surface area contributed by atoms with E-state index in [1.54, 1.807) is 4.90 Å². The maximum Gasteiger partial charge on any atom is 0.416 e. The largest absolute Gasteiger partial charge is 0.416 e. The fourth-order valence-corrected chi connectivity index (χ4v) is 5.23. The van der Waals surface area contributed by atoms with E-state index in [1.165, 1.54) is 30.1 Å². The van der Waals surface area contributed by atoms with Crippen molar-refractivity contribution in [2.45, 2.75) is 24.6 Å². The molecule has 190 valence electrons. The summed E-state index contributed by atoms with van der Waals surface area (Å²) in [7, 11) is 1.53. The molecule has 0 fully saturated rings. The van der Waals surface area contributed by atoms with Gasteiger partial charge in [0.15, 0.2) is 0 Å². The number of halogens is 3. The molecule has 5 nitrogen and oxygen atoms in total. The molecule has 8 heteroatoms. The van der Waals surface area contributed by atoms with Gasteiger partial charge in [-0.3, -0.25) is 9.69 Å². The third-order valence-corrected chi connectivity index (χ3v) is 7.10. The summed E-state index contributed by atoms with van der Waals surface area (Å²) in [5.74, 6) is -0.323. The highest BCUT2D eigenvalue weighted by atomic mass is 19.4. The van der Waals surface area contributed by atoms with Crippen molar-refractivity contribution in [3.05, 3.63) is 118 Å². The van der Waals surface area contributed by atoms with Crippen LogP contribution in [0.3, 0.4) is 0 Å². The van der Waals surface area contributed by atoms with E-state index in [0.29, 0.717) is 18.7 Å². The van der Waals surface area contributed by atoms with Gasteiger partial charge in [-0.05, 0) is 29.2 Å². The van der Waals surface area contributed by atoms with Gasteiger partial charge in [0.05, 0.1) is 29.4 Å². The van der Waals surface area contributed by atoms with Crippen LogP contribution >= 0.6 is 0 Å². The first kappa shape index (κ1) is 24.6. The molecule has 2 aliphatic rings.